The molecule has 17 heavy (non-hydrogen) atoms. The van der Waals surface area contributed by atoms with E-state index >= 15 is 0 Å². The van der Waals surface area contributed by atoms with E-state index in [1.165, 1.54) is 19.3 Å². The zero-order valence-electron chi connectivity index (χ0n) is 12.1. The molecule has 3 heteroatoms. The normalized spacial score (nSPS) is 13.8. The highest BCUT2D eigenvalue weighted by atomic mass is 16.5. The number of hydrogen-bond acceptors (Lipinski definition) is 3. The maximum atomic E-state index is 8.78. The first-order valence-corrected chi connectivity index (χ1v) is 6.98. The van der Waals surface area contributed by atoms with Gasteiger partial charge in [-0.15, -0.1) is 0 Å². The van der Waals surface area contributed by atoms with Gasteiger partial charge in [-0.2, -0.15) is 0 Å². The Morgan fingerprint density at radius 1 is 0.882 bits per heavy atom. The minimum absolute atomic E-state index is 0.0958. The Bertz CT molecular complexity index is 125. The average molecular weight is 248 g/mol. The Balaban J connectivity index is 0. The molecule has 0 saturated carbocycles. The van der Waals surface area contributed by atoms with E-state index in [0.29, 0.717) is 6.61 Å². The molecule has 0 aliphatic carbocycles. The van der Waals surface area contributed by atoms with Gasteiger partial charge < -0.3 is 14.9 Å². The van der Waals surface area contributed by atoms with Crippen molar-refractivity contribution in [3.63, 3.8) is 0 Å². The van der Waals surface area contributed by atoms with Crippen LogP contribution in [-0.2, 0) is 4.74 Å². The predicted molar refractivity (Wildman–Crippen MR) is 73.2 cm³/mol. The molecule has 0 saturated heterocycles. The molecule has 0 fully saturated rings. The molecule has 0 spiro atoms. The van der Waals surface area contributed by atoms with E-state index in [2.05, 4.69) is 13.8 Å². The van der Waals surface area contributed by atoms with Crippen LogP contribution in [0.1, 0.15) is 66.2 Å². The van der Waals surface area contributed by atoms with Crippen molar-refractivity contribution in [1.29, 1.82) is 0 Å². The quantitative estimate of drug-likeness (QED) is 0.616. The molecule has 0 heterocycles. The summed E-state index contributed by atoms with van der Waals surface area (Å²) in [5, 5.41) is 17.5. The Morgan fingerprint density at radius 2 is 1.47 bits per heavy atom. The molecule has 0 aromatic carbocycles. The number of ether oxygens (including phenoxy) is 1. The van der Waals surface area contributed by atoms with Gasteiger partial charge in [0.25, 0.3) is 0 Å². The van der Waals surface area contributed by atoms with Crippen LogP contribution < -0.4 is 0 Å². The lowest BCUT2D eigenvalue weighted by Crippen LogP contribution is -2.10. The third-order valence-electron chi connectivity index (χ3n) is 2.23. The van der Waals surface area contributed by atoms with E-state index in [1.54, 1.807) is 6.92 Å². The molecule has 2 atom stereocenters. The number of aliphatic hydroxyl groups excluding tert-OH is 2. The second kappa shape index (κ2) is 15.9. The summed E-state index contributed by atoms with van der Waals surface area (Å²) >= 11 is 0. The van der Waals surface area contributed by atoms with Crippen LogP contribution in [-0.4, -0.2) is 35.6 Å². The van der Waals surface area contributed by atoms with Gasteiger partial charge in [-0.1, -0.05) is 39.5 Å². The standard InChI is InChI=1S/C7H16O2.C7H16O/c1-3-4-5-9-6-7(2)8;1-3-4-5-6-7(2)8/h7-8H,3-6H2,1-2H3;7-8H,3-6H2,1-2H3. The van der Waals surface area contributed by atoms with E-state index in [-0.39, 0.29) is 12.2 Å². The number of rotatable bonds is 9. The molecule has 106 valence electrons. The van der Waals surface area contributed by atoms with Gasteiger partial charge in [0.2, 0.25) is 0 Å². The van der Waals surface area contributed by atoms with Gasteiger partial charge in [-0.05, 0) is 26.7 Å². The highest BCUT2D eigenvalue weighted by Gasteiger charge is 1.93. The van der Waals surface area contributed by atoms with Crippen molar-refractivity contribution in [1.82, 2.24) is 0 Å². The van der Waals surface area contributed by atoms with Crippen molar-refractivity contribution >= 4 is 0 Å². The highest BCUT2D eigenvalue weighted by Crippen LogP contribution is 2.01. The van der Waals surface area contributed by atoms with Crippen molar-refractivity contribution in [3.05, 3.63) is 0 Å². The second-order valence-corrected chi connectivity index (χ2v) is 4.62. The van der Waals surface area contributed by atoms with E-state index in [9.17, 15) is 0 Å². The SMILES string of the molecule is CCCCCC(C)O.CCCCOCC(C)O. The van der Waals surface area contributed by atoms with Crippen LogP contribution in [0.4, 0.5) is 0 Å². The average Bonchev–Trinajstić information content (AvgIpc) is 2.25. The monoisotopic (exact) mass is 248 g/mol. The largest absolute Gasteiger partial charge is 0.393 e. The molecule has 2 unspecified atom stereocenters. The lowest BCUT2D eigenvalue weighted by molar-refractivity contribution is 0.0450. The lowest BCUT2D eigenvalue weighted by atomic mass is 10.1. The fourth-order valence-electron chi connectivity index (χ4n) is 1.19. The predicted octanol–water partition coefficient (Wildman–Crippen LogP) is 3.13. The topological polar surface area (TPSA) is 49.7 Å². The maximum Gasteiger partial charge on any atom is 0.0745 e. The molecule has 0 aromatic rings. The Hall–Kier alpha value is -0.120. The van der Waals surface area contributed by atoms with Crippen molar-refractivity contribution in [2.24, 2.45) is 0 Å². The molecule has 3 nitrogen and oxygen atoms in total. The van der Waals surface area contributed by atoms with E-state index < -0.39 is 0 Å². The summed E-state index contributed by atoms with van der Waals surface area (Å²) in [5.41, 5.74) is 0. The third-order valence-corrected chi connectivity index (χ3v) is 2.23. The van der Waals surface area contributed by atoms with Gasteiger partial charge in [-0.25, -0.2) is 0 Å². The van der Waals surface area contributed by atoms with Gasteiger partial charge in [-0.3, -0.25) is 0 Å². The lowest BCUT2D eigenvalue weighted by Gasteiger charge is -2.03. The fraction of sp³-hybridized carbons (Fsp3) is 1.00. The summed E-state index contributed by atoms with van der Waals surface area (Å²) in [6, 6.07) is 0. The van der Waals surface area contributed by atoms with Gasteiger partial charge in [0.15, 0.2) is 0 Å². The smallest absolute Gasteiger partial charge is 0.0745 e. The van der Waals surface area contributed by atoms with Crippen LogP contribution in [0.15, 0.2) is 0 Å². The van der Waals surface area contributed by atoms with Crippen molar-refractivity contribution in [3.8, 4) is 0 Å². The van der Waals surface area contributed by atoms with Crippen LogP contribution in [0.3, 0.4) is 0 Å². The van der Waals surface area contributed by atoms with E-state index in [0.717, 1.165) is 25.9 Å². The Kier molecular flexibility index (Phi) is 18.0. The molecule has 0 aliphatic rings. The van der Waals surface area contributed by atoms with Gasteiger partial charge in [0.05, 0.1) is 18.8 Å². The minimum Gasteiger partial charge on any atom is -0.393 e. The maximum absolute atomic E-state index is 8.78. The van der Waals surface area contributed by atoms with Gasteiger partial charge in [0, 0.05) is 6.61 Å². The molecule has 0 aliphatic heterocycles. The summed E-state index contributed by atoms with van der Waals surface area (Å²) < 4.78 is 5.09. The van der Waals surface area contributed by atoms with Crippen LogP contribution in [0.2, 0.25) is 0 Å². The summed E-state index contributed by atoms with van der Waals surface area (Å²) in [4.78, 5) is 0. The molecular weight excluding hydrogens is 216 g/mol. The Morgan fingerprint density at radius 3 is 1.88 bits per heavy atom. The molecular formula is C14H32O3. The highest BCUT2D eigenvalue weighted by molar-refractivity contribution is 4.45. The zero-order chi connectivity index (χ0) is 13.5. The van der Waals surface area contributed by atoms with E-state index in [1.807, 2.05) is 6.92 Å². The molecule has 2 N–H and O–H groups in total. The summed E-state index contributed by atoms with van der Waals surface area (Å²) in [6.45, 7) is 9.11. The zero-order valence-corrected chi connectivity index (χ0v) is 12.1. The third kappa shape index (κ3) is 25.8. The molecule has 0 bridgehead atoms. The van der Waals surface area contributed by atoms with Crippen LogP contribution in [0.25, 0.3) is 0 Å². The molecule has 0 radical (unpaired) electrons. The summed E-state index contributed by atoms with van der Waals surface area (Å²) in [5.74, 6) is 0. The first-order chi connectivity index (χ1) is 8.04. The van der Waals surface area contributed by atoms with Crippen LogP contribution in [0.5, 0.6) is 0 Å². The van der Waals surface area contributed by atoms with Gasteiger partial charge in [0.1, 0.15) is 0 Å². The first kappa shape index (κ1) is 19.2. The van der Waals surface area contributed by atoms with Gasteiger partial charge >= 0.3 is 0 Å². The minimum atomic E-state index is -0.318. The molecule has 0 amide bonds. The van der Waals surface area contributed by atoms with Crippen LogP contribution >= 0.6 is 0 Å². The number of hydrogen-bond donors (Lipinski definition) is 2. The first-order valence-electron chi connectivity index (χ1n) is 6.98. The molecule has 0 aromatic heterocycles. The Labute approximate surface area is 107 Å². The molecule has 0 rings (SSSR count). The number of unbranched alkanes of at least 4 members (excludes halogenated alkanes) is 3. The van der Waals surface area contributed by atoms with Crippen molar-refractivity contribution in [2.45, 2.75) is 78.4 Å². The number of aliphatic hydroxyl groups is 2. The van der Waals surface area contributed by atoms with Crippen LogP contribution in [0, 0.1) is 0 Å². The summed E-state index contributed by atoms with van der Waals surface area (Å²) in [6.07, 6.45) is 6.47. The van der Waals surface area contributed by atoms with Crippen molar-refractivity contribution in [2.75, 3.05) is 13.2 Å². The van der Waals surface area contributed by atoms with E-state index in [4.69, 9.17) is 14.9 Å². The summed E-state index contributed by atoms with van der Waals surface area (Å²) in [7, 11) is 0. The fourth-order valence-corrected chi connectivity index (χ4v) is 1.19. The van der Waals surface area contributed by atoms with Crippen molar-refractivity contribution < 1.29 is 14.9 Å². The second-order valence-electron chi connectivity index (χ2n) is 4.62.